The smallest absolute Gasteiger partial charge is 0.244 e. The minimum atomic E-state index is -4.07. The van der Waals surface area contributed by atoms with Gasteiger partial charge in [0.15, 0.2) is 11.5 Å². The number of nitrogens with zero attached hydrogens (tertiary/aromatic N) is 1. The third-order valence-electron chi connectivity index (χ3n) is 5.14. The molecular formula is C21H24Cl2N2O5S. The molecule has 0 bridgehead atoms. The Kier molecular flexibility index (Phi) is 7.69. The predicted molar refractivity (Wildman–Crippen MR) is 119 cm³/mol. The number of methoxy groups -OCH3 is 2. The zero-order valence-electron chi connectivity index (χ0n) is 17.2. The lowest BCUT2D eigenvalue weighted by Gasteiger charge is -2.29. The minimum absolute atomic E-state index is 0.0268. The van der Waals surface area contributed by atoms with Crippen LogP contribution in [0.2, 0.25) is 10.0 Å². The first-order valence-electron chi connectivity index (χ1n) is 9.73. The number of carbonyl (C=O) groups is 1. The van der Waals surface area contributed by atoms with Crippen molar-refractivity contribution in [1.82, 2.24) is 9.62 Å². The molecule has 2 aromatic carbocycles. The molecule has 1 unspecified atom stereocenters. The molecule has 1 heterocycles. The van der Waals surface area contributed by atoms with Crippen molar-refractivity contribution in [3.05, 3.63) is 52.0 Å². The van der Waals surface area contributed by atoms with Gasteiger partial charge in [0.05, 0.1) is 29.2 Å². The van der Waals surface area contributed by atoms with Crippen LogP contribution in [-0.4, -0.2) is 45.4 Å². The molecule has 1 saturated heterocycles. The molecule has 1 fully saturated rings. The van der Waals surface area contributed by atoms with E-state index in [2.05, 4.69) is 5.32 Å². The van der Waals surface area contributed by atoms with E-state index >= 15 is 0 Å². The number of rotatable bonds is 7. The van der Waals surface area contributed by atoms with Crippen molar-refractivity contribution < 1.29 is 22.7 Å². The second-order valence-corrected chi connectivity index (χ2v) is 9.82. The molecule has 0 aromatic heterocycles. The molecule has 1 aliphatic rings. The number of nitrogens with one attached hydrogen (secondary N) is 1. The summed E-state index contributed by atoms with van der Waals surface area (Å²) >= 11 is 12.0. The molecule has 1 amide bonds. The van der Waals surface area contributed by atoms with Gasteiger partial charge in [-0.2, -0.15) is 4.31 Å². The molecule has 0 radical (unpaired) electrons. The van der Waals surface area contributed by atoms with Crippen LogP contribution in [0, 0.1) is 0 Å². The van der Waals surface area contributed by atoms with Crippen LogP contribution in [0.15, 0.2) is 41.3 Å². The summed E-state index contributed by atoms with van der Waals surface area (Å²) in [6, 6.07) is 8.41. The normalized spacial score (nSPS) is 17.2. The summed E-state index contributed by atoms with van der Waals surface area (Å²) in [4.78, 5) is 12.7. The van der Waals surface area contributed by atoms with Crippen molar-refractivity contribution in [1.29, 1.82) is 0 Å². The van der Waals surface area contributed by atoms with E-state index in [4.69, 9.17) is 32.7 Å². The maximum Gasteiger partial charge on any atom is 0.244 e. The SMILES string of the molecule is COc1ccc(CN(C2CCCCNC2=O)S(=O)(=O)c2ccc(Cl)c(Cl)c2)cc1OC. The van der Waals surface area contributed by atoms with E-state index < -0.39 is 16.1 Å². The Bertz CT molecular complexity index is 1060. The van der Waals surface area contributed by atoms with Crippen LogP contribution < -0.4 is 14.8 Å². The summed E-state index contributed by atoms with van der Waals surface area (Å²) in [6.07, 6.45) is 1.93. The summed E-state index contributed by atoms with van der Waals surface area (Å²) in [5, 5.41) is 3.18. The van der Waals surface area contributed by atoms with E-state index in [0.717, 1.165) is 12.8 Å². The molecule has 2 aromatic rings. The highest BCUT2D eigenvalue weighted by Gasteiger charge is 2.37. The third-order valence-corrected chi connectivity index (χ3v) is 7.73. The van der Waals surface area contributed by atoms with Gasteiger partial charge in [0.1, 0.15) is 6.04 Å². The number of amides is 1. The maximum atomic E-state index is 13.6. The quantitative estimate of drug-likeness (QED) is 0.641. The number of halogens is 2. The summed E-state index contributed by atoms with van der Waals surface area (Å²) < 4.78 is 39.1. The van der Waals surface area contributed by atoms with Crippen LogP contribution in [0.5, 0.6) is 11.5 Å². The second kappa shape index (κ2) is 10.1. The molecule has 0 spiro atoms. The van der Waals surface area contributed by atoms with Crippen LogP contribution >= 0.6 is 23.2 Å². The molecule has 1 aliphatic heterocycles. The largest absolute Gasteiger partial charge is 0.493 e. The summed E-state index contributed by atoms with van der Waals surface area (Å²) in [6.45, 7) is 0.493. The summed E-state index contributed by atoms with van der Waals surface area (Å²) in [5.74, 6) is 0.677. The Labute approximate surface area is 192 Å². The first kappa shape index (κ1) is 23.7. The summed E-state index contributed by atoms with van der Waals surface area (Å²) in [5.41, 5.74) is 0.651. The van der Waals surface area contributed by atoms with Gasteiger partial charge >= 0.3 is 0 Å². The first-order valence-corrected chi connectivity index (χ1v) is 11.9. The predicted octanol–water partition coefficient (Wildman–Crippen LogP) is 3.87. The van der Waals surface area contributed by atoms with Gasteiger partial charge in [0.25, 0.3) is 0 Å². The highest BCUT2D eigenvalue weighted by Crippen LogP contribution is 2.32. The zero-order valence-corrected chi connectivity index (χ0v) is 19.6. The third kappa shape index (κ3) is 5.26. The van der Waals surface area contributed by atoms with E-state index in [1.54, 1.807) is 18.2 Å². The first-order chi connectivity index (χ1) is 14.8. The van der Waals surface area contributed by atoms with Crippen molar-refractivity contribution in [3.8, 4) is 11.5 Å². The van der Waals surface area contributed by atoms with Gasteiger partial charge in [-0.15, -0.1) is 0 Å². The van der Waals surface area contributed by atoms with Crippen molar-refractivity contribution in [2.45, 2.75) is 36.7 Å². The fourth-order valence-electron chi connectivity index (χ4n) is 3.49. The van der Waals surface area contributed by atoms with E-state index in [9.17, 15) is 13.2 Å². The Morgan fingerprint density at radius 1 is 1.03 bits per heavy atom. The molecule has 31 heavy (non-hydrogen) atoms. The fourth-order valence-corrected chi connectivity index (χ4v) is 5.49. The molecule has 0 saturated carbocycles. The van der Waals surface area contributed by atoms with Crippen LogP contribution in [0.1, 0.15) is 24.8 Å². The molecule has 1 N–H and O–H groups in total. The topological polar surface area (TPSA) is 84.9 Å². The fraction of sp³-hybridized carbons (Fsp3) is 0.381. The highest BCUT2D eigenvalue weighted by atomic mass is 35.5. The molecule has 3 rings (SSSR count). The number of hydrogen-bond acceptors (Lipinski definition) is 5. The van der Waals surface area contributed by atoms with Crippen LogP contribution in [-0.2, 0) is 21.4 Å². The number of benzene rings is 2. The second-order valence-electron chi connectivity index (χ2n) is 7.12. The van der Waals surface area contributed by atoms with Crippen molar-refractivity contribution in [3.63, 3.8) is 0 Å². The average molecular weight is 487 g/mol. The lowest BCUT2D eigenvalue weighted by molar-refractivity contribution is -0.124. The Balaban J connectivity index is 2.06. The highest BCUT2D eigenvalue weighted by molar-refractivity contribution is 7.89. The molecule has 7 nitrogen and oxygen atoms in total. The number of hydrogen-bond donors (Lipinski definition) is 1. The van der Waals surface area contributed by atoms with E-state index in [-0.39, 0.29) is 27.4 Å². The Hall–Kier alpha value is -2.00. The molecule has 1 atom stereocenters. The zero-order chi connectivity index (χ0) is 22.6. The van der Waals surface area contributed by atoms with Gasteiger partial charge in [0, 0.05) is 13.1 Å². The van der Waals surface area contributed by atoms with Gasteiger partial charge in [0.2, 0.25) is 15.9 Å². The van der Waals surface area contributed by atoms with Crippen LogP contribution in [0.4, 0.5) is 0 Å². The average Bonchev–Trinajstić information content (AvgIpc) is 2.97. The van der Waals surface area contributed by atoms with Gasteiger partial charge in [-0.05, 0) is 55.2 Å². The van der Waals surface area contributed by atoms with Crippen molar-refractivity contribution in [2.24, 2.45) is 0 Å². The Morgan fingerprint density at radius 2 is 1.77 bits per heavy atom. The van der Waals surface area contributed by atoms with Crippen molar-refractivity contribution >= 4 is 39.1 Å². The lowest BCUT2D eigenvalue weighted by Crippen LogP contribution is -2.48. The van der Waals surface area contributed by atoms with E-state index in [1.165, 1.54) is 36.7 Å². The van der Waals surface area contributed by atoms with Crippen LogP contribution in [0.25, 0.3) is 0 Å². The number of carbonyl (C=O) groups excluding carboxylic acids is 1. The van der Waals surface area contributed by atoms with Crippen LogP contribution in [0.3, 0.4) is 0 Å². The lowest BCUT2D eigenvalue weighted by atomic mass is 10.1. The summed E-state index contributed by atoms with van der Waals surface area (Å²) in [7, 11) is -1.04. The number of sulfonamides is 1. The standard InChI is InChI=1S/C21H24Cl2N2O5S/c1-29-19-9-6-14(11-20(19)30-2)13-25(18-5-3-4-10-24-21(18)26)31(27,28)15-7-8-16(22)17(23)12-15/h6-9,11-12,18H,3-5,10,13H2,1-2H3,(H,24,26). The van der Waals surface area contributed by atoms with Gasteiger partial charge in [-0.1, -0.05) is 29.3 Å². The monoisotopic (exact) mass is 486 g/mol. The van der Waals surface area contributed by atoms with E-state index in [1.807, 2.05) is 0 Å². The minimum Gasteiger partial charge on any atom is -0.493 e. The van der Waals surface area contributed by atoms with E-state index in [0.29, 0.717) is 30.0 Å². The van der Waals surface area contributed by atoms with Crippen molar-refractivity contribution in [2.75, 3.05) is 20.8 Å². The molecular weight excluding hydrogens is 463 g/mol. The molecule has 0 aliphatic carbocycles. The maximum absolute atomic E-state index is 13.6. The molecule has 10 heteroatoms. The number of ether oxygens (including phenoxy) is 2. The van der Waals surface area contributed by atoms with Gasteiger partial charge in [-0.3, -0.25) is 4.79 Å². The Morgan fingerprint density at radius 3 is 2.45 bits per heavy atom. The van der Waals surface area contributed by atoms with Gasteiger partial charge in [-0.25, -0.2) is 8.42 Å². The molecule has 168 valence electrons. The van der Waals surface area contributed by atoms with Gasteiger partial charge < -0.3 is 14.8 Å².